The Morgan fingerprint density at radius 2 is 2.00 bits per heavy atom. The molecule has 0 radical (unpaired) electrons. The number of primary sulfonamides is 1. The zero-order chi connectivity index (χ0) is 18.7. The molecule has 8 heteroatoms. The van der Waals surface area contributed by atoms with Crippen molar-refractivity contribution in [3.05, 3.63) is 29.8 Å². The molecule has 0 saturated heterocycles. The molecule has 2 rings (SSSR count). The molecule has 1 saturated carbocycles. The molecule has 4 N–H and O–H groups in total. The molecule has 0 aromatic carbocycles. The molecule has 0 bridgehead atoms. The minimum atomic E-state index is -3.43. The number of hydrogen-bond acceptors (Lipinski definition) is 5. The molecule has 0 unspecified atom stereocenters. The van der Waals surface area contributed by atoms with E-state index in [0.717, 1.165) is 25.5 Å². The van der Waals surface area contributed by atoms with E-state index in [1.54, 1.807) is 0 Å². The van der Waals surface area contributed by atoms with Gasteiger partial charge in [-0.1, -0.05) is 0 Å². The molecule has 25 heavy (non-hydrogen) atoms. The zero-order valence-electron chi connectivity index (χ0n) is 14.8. The Bertz CT molecular complexity index is 673. The number of rotatable bonds is 7. The van der Waals surface area contributed by atoms with Gasteiger partial charge in [0.2, 0.25) is 10.0 Å². The smallest absolute Gasteiger partial charge is 0.211 e. The number of nitrogens with two attached hydrogens (primary N) is 1. The van der Waals surface area contributed by atoms with Gasteiger partial charge in [0.15, 0.2) is 0 Å². The summed E-state index contributed by atoms with van der Waals surface area (Å²) in [7, 11) is -3.43. The maximum atomic E-state index is 13.2. The summed E-state index contributed by atoms with van der Waals surface area (Å²) >= 11 is 0. The topological polar surface area (TPSA) is 105 Å². The second-order valence-electron chi connectivity index (χ2n) is 7.65. The molecule has 1 aromatic heterocycles. The van der Waals surface area contributed by atoms with Crippen LogP contribution < -0.4 is 10.5 Å². The molecule has 1 aliphatic carbocycles. The first-order valence-corrected chi connectivity index (χ1v) is 10.2. The van der Waals surface area contributed by atoms with Crippen molar-refractivity contribution in [3.63, 3.8) is 0 Å². The third-order valence-electron chi connectivity index (χ3n) is 4.94. The summed E-state index contributed by atoms with van der Waals surface area (Å²) in [6.45, 7) is 4.40. The maximum absolute atomic E-state index is 13.2. The predicted octanol–water partition coefficient (Wildman–Crippen LogP) is 1.86. The first-order valence-electron chi connectivity index (χ1n) is 8.62. The molecule has 142 valence electrons. The van der Waals surface area contributed by atoms with Crippen molar-refractivity contribution in [2.24, 2.45) is 11.1 Å². The fourth-order valence-corrected chi connectivity index (χ4v) is 4.49. The van der Waals surface area contributed by atoms with Gasteiger partial charge in [-0.3, -0.25) is 4.98 Å². The normalized spacial score (nSPS) is 23.4. The molecule has 1 aromatic rings. The van der Waals surface area contributed by atoms with Gasteiger partial charge in [0.1, 0.15) is 5.82 Å². The number of pyridine rings is 1. The highest BCUT2D eigenvalue weighted by atomic mass is 32.2. The first-order chi connectivity index (χ1) is 11.6. The molecule has 0 spiro atoms. The van der Waals surface area contributed by atoms with Gasteiger partial charge < -0.3 is 10.4 Å². The Labute approximate surface area is 149 Å². The monoisotopic (exact) mass is 373 g/mol. The number of aromatic nitrogens is 1. The lowest BCUT2D eigenvalue weighted by molar-refractivity contribution is 0.150. The van der Waals surface area contributed by atoms with Crippen LogP contribution in [0.1, 0.15) is 57.6 Å². The van der Waals surface area contributed by atoms with Gasteiger partial charge >= 0.3 is 0 Å². The van der Waals surface area contributed by atoms with Crippen LogP contribution in [0.5, 0.6) is 0 Å². The highest BCUT2D eigenvalue weighted by molar-refractivity contribution is 7.89. The van der Waals surface area contributed by atoms with E-state index in [0.29, 0.717) is 30.9 Å². The van der Waals surface area contributed by atoms with Gasteiger partial charge in [0, 0.05) is 23.8 Å². The predicted molar refractivity (Wildman–Crippen MR) is 94.7 cm³/mol. The van der Waals surface area contributed by atoms with Crippen LogP contribution in [0.2, 0.25) is 0 Å². The molecular formula is C17H28FN3O3S. The Hall–Kier alpha value is -1.09. The number of aliphatic hydroxyl groups excluding tert-OH is 1. The quantitative estimate of drug-likeness (QED) is 0.676. The zero-order valence-corrected chi connectivity index (χ0v) is 15.6. The van der Waals surface area contributed by atoms with Crippen molar-refractivity contribution in [3.8, 4) is 0 Å². The third-order valence-corrected chi connectivity index (χ3v) is 6.34. The summed E-state index contributed by atoms with van der Waals surface area (Å²) in [5.74, 6) is -0.0455. The number of aliphatic hydroxyl groups is 1. The largest absolute Gasteiger partial charge is 0.387 e. The Morgan fingerprint density at radius 1 is 1.36 bits per heavy atom. The minimum Gasteiger partial charge on any atom is -0.387 e. The third kappa shape index (κ3) is 6.29. The summed E-state index contributed by atoms with van der Waals surface area (Å²) < 4.78 is 36.0. The highest BCUT2D eigenvalue weighted by Gasteiger charge is 2.31. The lowest BCUT2D eigenvalue weighted by atomic mass is 9.80. The summed E-state index contributed by atoms with van der Waals surface area (Å²) in [5, 5.41) is 18.3. The Balaban J connectivity index is 1.82. The number of sulfonamides is 1. The van der Waals surface area contributed by atoms with Crippen LogP contribution in [0.3, 0.4) is 0 Å². The fraction of sp³-hybridized carbons (Fsp3) is 0.706. The fourth-order valence-electron chi connectivity index (χ4n) is 3.56. The van der Waals surface area contributed by atoms with Crippen molar-refractivity contribution < 1.29 is 17.9 Å². The van der Waals surface area contributed by atoms with E-state index in [1.807, 2.05) is 0 Å². The van der Waals surface area contributed by atoms with Crippen LogP contribution >= 0.6 is 0 Å². The van der Waals surface area contributed by atoms with E-state index in [-0.39, 0.29) is 5.54 Å². The van der Waals surface area contributed by atoms with E-state index in [1.165, 1.54) is 12.3 Å². The molecule has 1 aliphatic rings. The standard InChI is InChI=1S/C17H28FN3O3S/c1-17(2,8-12-3-5-15(6-4-12)25(19,23)24)21-11-16(22)13-7-14(18)10-20-9-13/h7,9-10,12,15-16,21-22H,3-6,8,11H2,1-2H3,(H2,19,23,24)/t12?,15?,16-/m0/s1. The average Bonchev–Trinajstić information content (AvgIpc) is 2.52. The lowest BCUT2D eigenvalue weighted by Crippen LogP contribution is -2.44. The second kappa shape index (κ2) is 8.07. The van der Waals surface area contributed by atoms with Crippen LogP contribution in [0, 0.1) is 11.7 Å². The van der Waals surface area contributed by atoms with Crippen LogP contribution in [0.15, 0.2) is 18.5 Å². The van der Waals surface area contributed by atoms with Gasteiger partial charge in [-0.2, -0.15) is 0 Å². The highest BCUT2D eigenvalue weighted by Crippen LogP contribution is 2.33. The first kappa shape index (κ1) is 20.2. The number of halogens is 1. The lowest BCUT2D eigenvalue weighted by Gasteiger charge is -2.35. The molecule has 1 atom stereocenters. The van der Waals surface area contributed by atoms with Gasteiger partial charge in [0.05, 0.1) is 17.6 Å². The van der Waals surface area contributed by atoms with Crippen molar-refractivity contribution in [1.82, 2.24) is 10.3 Å². The van der Waals surface area contributed by atoms with Gasteiger partial charge in [-0.15, -0.1) is 0 Å². The van der Waals surface area contributed by atoms with E-state index in [2.05, 4.69) is 24.1 Å². The van der Waals surface area contributed by atoms with Crippen molar-refractivity contribution >= 4 is 10.0 Å². The van der Waals surface area contributed by atoms with Gasteiger partial charge in [-0.05, 0) is 57.9 Å². The summed E-state index contributed by atoms with van der Waals surface area (Å²) in [4.78, 5) is 3.75. The van der Waals surface area contributed by atoms with Crippen molar-refractivity contribution in [2.75, 3.05) is 6.54 Å². The van der Waals surface area contributed by atoms with Crippen LogP contribution in [-0.2, 0) is 10.0 Å². The number of β-amino-alcohol motifs (C(OH)–C–C–N with tert-alkyl or cyclic N) is 1. The average molecular weight is 373 g/mol. The van der Waals surface area contributed by atoms with E-state index in [9.17, 15) is 17.9 Å². The second-order valence-corrected chi connectivity index (χ2v) is 9.50. The minimum absolute atomic E-state index is 0.221. The van der Waals surface area contributed by atoms with Crippen molar-refractivity contribution in [2.45, 2.75) is 62.8 Å². The SMILES string of the molecule is CC(C)(CC1CCC(S(N)(=O)=O)CC1)NC[C@H](O)c1cncc(F)c1. The van der Waals surface area contributed by atoms with Crippen molar-refractivity contribution in [1.29, 1.82) is 0 Å². The Morgan fingerprint density at radius 3 is 2.56 bits per heavy atom. The van der Waals surface area contributed by atoms with Gasteiger partial charge in [0.25, 0.3) is 0 Å². The summed E-state index contributed by atoms with van der Waals surface area (Å²) in [6.07, 6.45) is 5.49. The van der Waals surface area contributed by atoms with E-state index >= 15 is 0 Å². The summed E-state index contributed by atoms with van der Waals surface area (Å²) in [6, 6.07) is 1.28. The molecule has 1 heterocycles. The Kier molecular flexibility index (Phi) is 6.53. The molecular weight excluding hydrogens is 345 g/mol. The molecule has 6 nitrogen and oxygen atoms in total. The van der Waals surface area contributed by atoms with Crippen LogP contribution in [0.25, 0.3) is 0 Å². The number of nitrogens with one attached hydrogen (secondary N) is 1. The molecule has 0 aliphatic heterocycles. The van der Waals surface area contributed by atoms with Gasteiger partial charge in [-0.25, -0.2) is 17.9 Å². The molecule has 1 fully saturated rings. The van der Waals surface area contributed by atoms with Crippen LogP contribution in [-0.4, -0.2) is 35.8 Å². The summed E-state index contributed by atoms with van der Waals surface area (Å²) in [5.41, 5.74) is 0.220. The maximum Gasteiger partial charge on any atom is 0.211 e. The van der Waals surface area contributed by atoms with E-state index < -0.39 is 27.2 Å². The van der Waals surface area contributed by atoms with Crippen LogP contribution in [0.4, 0.5) is 4.39 Å². The number of nitrogens with zero attached hydrogens (tertiary/aromatic N) is 1. The molecule has 0 amide bonds. The van der Waals surface area contributed by atoms with E-state index in [4.69, 9.17) is 5.14 Å². The number of hydrogen-bond donors (Lipinski definition) is 3.